The van der Waals surface area contributed by atoms with E-state index in [9.17, 15) is 10.2 Å². The van der Waals surface area contributed by atoms with Crippen molar-refractivity contribution in [2.45, 2.75) is 50.4 Å². The predicted octanol–water partition coefficient (Wildman–Crippen LogP) is 3.89. The second-order valence-corrected chi connectivity index (χ2v) is 10.4. The summed E-state index contributed by atoms with van der Waals surface area (Å²) in [5, 5.41) is 21.7. The zero-order valence-corrected chi connectivity index (χ0v) is 20.5. The molecule has 0 spiro atoms. The van der Waals surface area contributed by atoms with Gasteiger partial charge in [0.1, 0.15) is 24.1 Å². The maximum absolute atomic E-state index is 11.1. The van der Waals surface area contributed by atoms with Crippen molar-refractivity contribution >= 4 is 15.9 Å². The van der Waals surface area contributed by atoms with Crippen molar-refractivity contribution in [2.75, 3.05) is 33.4 Å². The Morgan fingerprint density at radius 1 is 1.16 bits per heavy atom. The molecule has 0 radical (unpaired) electrons. The minimum Gasteiger partial charge on any atom is -0.497 e. The van der Waals surface area contributed by atoms with Gasteiger partial charge in [-0.1, -0.05) is 28.1 Å². The van der Waals surface area contributed by atoms with E-state index in [1.165, 1.54) is 0 Å². The van der Waals surface area contributed by atoms with Gasteiger partial charge in [0.05, 0.1) is 12.7 Å². The normalized spacial score (nSPS) is 20.3. The third-order valence-electron chi connectivity index (χ3n) is 6.30. The molecule has 2 aliphatic rings. The first-order chi connectivity index (χ1) is 15.2. The van der Waals surface area contributed by atoms with Gasteiger partial charge in [0.15, 0.2) is 11.5 Å². The number of aliphatic hydroxyl groups excluding tert-OH is 1. The highest BCUT2D eigenvalue weighted by atomic mass is 79.9. The second kappa shape index (κ2) is 9.21. The summed E-state index contributed by atoms with van der Waals surface area (Å²) in [6.07, 6.45) is 1.43. The smallest absolute Gasteiger partial charge is 0.165 e. The van der Waals surface area contributed by atoms with E-state index in [0.29, 0.717) is 38.2 Å². The highest BCUT2D eigenvalue weighted by Crippen LogP contribution is 2.44. The molecule has 1 unspecified atom stereocenters. The highest BCUT2D eigenvalue weighted by Gasteiger charge is 2.35. The van der Waals surface area contributed by atoms with Gasteiger partial charge in [-0.2, -0.15) is 0 Å². The summed E-state index contributed by atoms with van der Waals surface area (Å²) in [6.45, 7) is 6.23. The molecule has 0 aliphatic carbocycles. The Morgan fingerprint density at radius 2 is 1.84 bits per heavy atom. The van der Waals surface area contributed by atoms with Crippen molar-refractivity contribution in [1.82, 2.24) is 4.90 Å². The molecular formula is C25H32BrNO5. The lowest BCUT2D eigenvalue weighted by Gasteiger charge is -2.39. The van der Waals surface area contributed by atoms with Crippen molar-refractivity contribution in [3.05, 3.63) is 52.0 Å². The second-order valence-electron chi connectivity index (χ2n) is 9.46. The van der Waals surface area contributed by atoms with Crippen molar-refractivity contribution in [3.8, 4) is 17.2 Å². The molecule has 174 valence electrons. The van der Waals surface area contributed by atoms with Crippen LogP contribution in [0.15, 0.2) is 40.9 Å². The molecule has 0 aromatic heterocycles. The fourth-order valence-electron chi connectivity index (χ4n) is 4.58. The molecule has 0 bridgehead atoms. The van der Waals surface area contributed by atoms with Crippen LogP contribution in [0.4, 0.5) is 0 Å². The molecule has 1 saturated heterocycles. The molecule has 0 amide bonds. The summed E-state index contributed by atoms with van der Waals surface area (Å²) >= 11 is 3.54. The fourth-order valence-corrected chi connectivity index (χ4v) is 5.06. The Balaban J connectivity index is 1.29. The summed E-state index contributed by atoms with van der Waals surface area (Å²) < 4.78 is 18.2. The molecule has 2 aliphatic heterocycles. The highest BCUT2D eigenvalue weighted by molar-refractivity contribution is 9.10. The summed E-state index contributed by atoms with van der Waals surface area (Å²) in [5.74, 6) is 2.21. The molecule has 2 N–H and O–H groups in total. The van der Waals surface area contributed by atoms with Gasteiger partial charge >= 0.3 is 0 Å². The van der Waals surface area contributed by atoms with Gasteiger partial charge in [0, 0.05) is 36.1 Å². The number of fused-ring (bicyclic) bond motifs is 1. The molecular weight excluding hydrogens is 474 g/mol. The van der Waals surface area contributed by atoms with Gasteiger partial charge in [-0.05, 0) is 56.5 Å². The van der Waals surface area contributed by atoms with E-state index in [0.717, 1.165) is 33.5 Å². The molecule has 0 saturated carbocycles. The van der Waals surface area contributed by atoms with Gasteiger partial charge in [-0.25, -0.2) is 0 Å². The van der Waals surface area contributed by atoms with E-state index < -0.39 is 11.7 Å². The van der Waals surface area contributed by atoms with Gasteiger partial charge in [0.2, 0.25) is 0 Å². The van der Waals surface area contributed by atoms with Crippen LogP contribution in [0, 0.1) is 0 Å². The topological polar surface area (TPSA) is 71.4 Å². The van der Waals surface area contributed by atoms with E-state index in [4.69, 9.17) is 14.2 Å². The number of halogens is 1. The van der Waals surface area contributed by atoms with Crippen LogP contribution in [0.2, 0.25) is 0 Å². The zero-order valence-electron chi connectivity index (χ0n) is 18.9. The molecule has 2 aromatic carbocycles. The van der Waals surface area contributed by atoms with E-state index in [1.807, 2.05) is 30.3 Å². The van der Waals surface area contributed by atoms with Crippen LogP contribution in [0.5, 0.6) is 17.2 Å². The van der Waals surface area contributed by atoms with Crippen molar-refractivity contribution in [3.63, 3.8) is 0 Å². The first-order valence-corrected chi connectivity index (χ1v) is 11.9. The molecule has 32 heavy (non-hydrogen) atoms. The van der Waals surface area contributed by atoms with Crippen LogP contribution >= 0.6 is 15.9 Å². The van der Waals surface area contributed by atoms with Crippen LogP contribution in [0.1, 0.15) is 37.8 Å². The summed E-state index contributed by atoms with van der Waals surface area (Å²) in [6, 6.07) is 11.6. The number of hydrogen-bond acceptors (Lipinski definition) is 6. The van der Waals surface area contributed by atoms with Crippen LogP contribution < -0.4 is 14.2 Å². The van der Waals surface area contributed by atoms with Crippen LogP contribution in [-0.4, -0.2) is 60.2 Å². The first-order valence-electron chi connectivity index (χ1n) is 11.1. The predicted molar refractivity (Wildman–Crippen MR) is 127 cm³/mol. The molecule has 6 nitrogen and oxygen atoms in total. The quantitative estimate of drug-likeness (QED) is 0.594. The molecule has 2 aromatic rings. The number of piperidine rings is 1. The maximum atomic E-state index is 11.1. The largest absolute Gasteiger partial charge is 0.497 e. The van der Waals surface area contributed by atoms with E-state index in [1.54, 1.807) is 7.11 Å². The monoisotopic (exact) mass is 505 g/mol. The fraction of sp³-hybridized carbons (Fsp3) is 0.520. The summed E-state index contributed by atoms with van der Waals surface area (Å²) in [5.41, 5.74) is 0.926. The lowest BCUT2D eigenvalue weighted by atomic mass is 9.84. The zero-order chi connectivity index (χ0) is 22.9. The summed E-state index contributed by atoms with van der Waals surface area (Å²) in [4.78, 5) is 2.18. The number of ether oxygens (including phenoxy) is 3. The number of β-amino-alcohol motifs (C(OH)–C–C–N with tert-alkyl or cyclic N) is 1. The van der Waals surface area contributed by atoms with Crippen molar-refractivity contribution in [2.24, 2.45) is 0 Å². The molecule has 2 heterocycles. The number of likely N-dealkylation sites (tertiary alicyclic amines) is 1. The van der Waals surface area contributed by atoms with E-state index >= 15 is 0 Å². The minimum atomic E-state index is -0.842. The number of rotatable bonds is 7. The average Bonchev–Trinajstić information content (AvgIpc) is 3.07. The van der Waals surface area contributed by atoms with Crippen LogP contribution in [-0.2, 0) is 12.0 Å². The summed E-state index contributed by atoms with van der Waals surface area (Å²) in [7, 11) is 1.63. The molecule has 1 atom stereocenters. The molecule has 4 rings (SSSR count). The minimum absolute atomic E-state index is 0.186. The van der Waals surface area contributed by atoms with Gasteiger partial charge < -0.3 is 29.3 Å². The number of methoxy groups -OCH3 is 1. The first kappa shape index (κ1) is 23.4. The number of aliphatic hydroxyl groups is 2. The Hall–Kier alpha value is -1.80. The average molecular weight is 506 g/mol. The molecule has 1 fully saturated rings. The lowest BCUT2D eigenvalue weighted by molar-refractivity contribution is -0.0373. The van der Waals surface area contributed by atoms with Gasteiger partial charge in [-0.15, -0.1) is 0 Å². The third kappa shape index (κ3) is 5.22. The van der Waals surface area contributed by atoms with Gasteiger partial charge in [0.25, 0.3) is 0 Å². The van der Waals surface area contributed by atoms with Crippen LogP contribution in [0.25, 0.3) is 0 Å². The standard InChI is InChI=1S/C25H32BrNO5/c1-24(2)14-17-12-19(26)13-22(23(17)32-24)31-16-20(28)15-27-10-8-25(29,9-11-27)18-4-6-21(30-3)7-5-18/h4-7,12-13,20,28-29H,8-11,14-16H2,1-3H3. The van der Waals surface area contributed by atoms with Gasteiger partial charge in [-0.3, -0.25) is 0 Å². The van der Waals surface area contributed by atoms with Crippen molar-refractivity contribution in [1.29, 1.82) is 0 Å². The SMILES string of the molecule is COc1ccc(C2(O)CCN(CC(O)COc3cc(Br)cc4c3OC(C)(C)C4)CC2)cc1. The number of nitrogens with zero attached hydrogens (tertiary/aromatic N) is 1. The molecule has 7 heteroatoms. The van der Waals surface area contributed by atoms with Crippen LogP contribution in [0.3, 0.4) is 0 Å². The van der Waals surface area contributed by atoms with E-state index in [2.05, 4.69) is 40.7 Å². The Kier molecular flexibility index (Phi) is 6.73. The number of benzene rings is 2. The Bertz CT molecular complexity index is 938. The third-order valence-corrected chi connectivity index (χ3v) is 6.76. The Labute approximate surface area is 198 Å². The number of hydrogen-bond donors (Lipinski definition) is 2. The maximum Gasteiger partial charge on any atom is 0.165 e. The van der Waals surface area contributed by atoms with Crippen molar-refractivity contribution < 1.29 is 24.4 Å². The van der Waals surface area contributed by atoms with E-state index in [-0.39, 0.29) is 12.2 Å². The lowest BCUT2D eigenvalue weighted by Crippen LogP contribution is -2.46. The Morgan fingerprint density at radius 3 is 2.50 bits per heavy atom.